The van der Waals surface area contributed by atoms with Crippen molar-refractivity contribution in [2.75, 3.05) is 0 Å². The van der Waals surface area contributed by atoms with Crippen LogP contribution in [0.2, 0.25) is 0 Å². The molecule has 0 saturated heterocycles. The molecule has 2 aromatic rings. The molecule has 0 saturated carbocycles. The summed E-state index contributed by atoms with van der Waals surface area (Å²) in [5.41, 5.74) is 13.3. The van der Waals surface area contributed by atoms with E-state index in [1.807, 2.05) is 0 Å². The fourth-order valence-corrected chi connectivity index (χ4v) is 4.44. The van der Waals surface area contributed by atoms with Crippen LogP contribution in [0.4, 0.5) is 0 Å². The van der Waals surface area contributed by atoms with E-state index in [-0.39, 0.29) is 0 Å². The molecule has 172 valence electrons. The Hall–Kier alpha value is -2.80. The number of pyridine rings is 1. The van der Waals surface area contributed by atoms with Crippen LogP contribution >= 0.6 is 0 Å². The van der Waals surface area contributed by atoms with Gasteiger partial charge in [0.05, 0.1) is 0 Å². The van der Waals surface area contributed by atoms with Crippen molar-refractivity contribution in [1.82, 2.24) is 0 Å². The van der Waals surface area contributed by atoms with Gasteiger partial charge in [-0.15, -0.1) is 10.2 Å². The molecule has 0 bridgehead atoms. The minimum absolute atomic E-state index is 0.910. The van der Waals surface area contributed by atoms with E-state index < -0.39 is 10.2 Å². The Morgan fingerprint density at radius 1 is 0.667 bits per heavy atom. The summed E-state index contributed by atoms with van der Waals surface area (Å²) in [6.45, 7) is 12.0. The zero-order chi connectivity index (χ0) is 24.3. The molecule has 5 nitrogen and oxygen atoms in total. The predicted molar refractivity (Wildman–Crippen MR) is 118 cm³/mol. The van der Waals surface area contributed by atoms with Crippen LogP contribution in [-0.4, -0.2) is 0 Å². The maximum atomic E-state index is 8.49. The van der Waals surface area contributed by atoms with Gasteiger partial charge in [-0.2, -0.15) is 4.57 Å². The van der Waals surface area contributed by atoms with Crippen molar-refractivity contribution in [2.24, 2.45) is 0 Å². The van der Waals surface area contributed by atoms with Crippen LogP contribution in [0.3, 0.4) is 0 Å². The molecule has 1 aromatic carbocycles. The van der Waals surface area contributed by atoms with Crippen molar-refractivity contribution in [3.63, 3.8) is 0 Å². The van der Waals surface area contributed by atoms with Gasteiger partial charge in [0, 0.05) is 31.5 Å². The monoisotopic (exact) mass is 465 g/mol. The van der Waals surface area contributed by atoms with Gasteiger partial charge in [-0.25, -0.2) is 18.6 Å². The molecule has 0 fully saturated rings. The minimum atomic E-state index is -4.94. The standard InChI is InChI=1S/C27H28N.ClHO4/c1-18-13-19(2)25-11-12-26(27(25)20(3)14-18)24-15-21(4)28(22(5)16-24)17-23-9-7-6-8-10-23;2-1(3,4)5/h6-16H,17H2,1-5H3;(H,2,3,4,5)/q+1;/p-1. The third-order valence-corrected chi connectivity index (χ3v) is 5.74. The van der Waals surface area contributed by atoms with Crippen LogP contribution in [-0.2, 0) is 6.54 Å². The Bertz CT molecular complexity index is 1200. The first kappa shape index (κ1) is 24.8. The van der Waals surface area contributed by atoms with Crippen LogP contribution in [0.15, 0.2) is 66.7 Å². The number of aromatic nitrogens is 1. The highest BCUT2D eigenvalue weighted by Gasteiger charge is 2.19. The Balaban J connectivity index is 0.000000555. The van der Waals surface area contributed by atoms with Crippen molar-refractivity contribution in [1.29, 1.82) is 0 Å². The zero-order valence-electron chi connectivity index (χ0n) is 19.5. The highest BCUT2D eigenvalue weighted by atomic mass is 35.7. The predicted octanol–water partition coefficient (Wildman–Crippen LogP) is 1.58. The quantitative estimate of drug-likeness (QED) is 0.429. The lowest BCUT2D eigenvalue weighted by molar-refractivity contribution is -2.00. The molecule has 1 aromatic heterocycles. The second-order valence-electron chi connectivity index (χ2n) is 8.41. The molecular formula is C27H28ClNO4. The summed E-state index contributed by atoms with van der Waals surface area (Å²) in [5, 5.41) is 0. The minimum Gasteiger partial charge on any atom is -0.222 e. The van der Waals surface area contributed by atoms with Gasteiger partial charge in [0.1, 0.15) is 0 Å². The number of aryl methyl sites for hydroxylation is 5. The lowest BCUT2D eigenvalue weighted by Crippen LogP contribution is -2.68. The molecule has 2 aliphatic carbocycles. The molecular weight excluding hydrogens is 438 g/mol. The number of nitrogens with zero attached hydrogens (tertiary/aromatic N) is 1. The molecule has 0 atom stereocenters. The summed E-state index contributed by atoms with van der Waals surface area (Å²) in [4.78, 5) is 0. The largest absolute Gasteiger partial charge is 0.222 e. The van der Waals surface area contributed by atoms with E-state index in [0.717, 1.165) is 6.54 Å². The first-order valence-corrected chi connectivity index (χ1v) is 11.8. The Kier molecular flexibility index (Phi) is 7.52. The van der Waals surface area contributed by atoms with Gasteiger partial charge < -0.3 is 0 Å². The van der Waals surface area contributed by atoms with E-state index in [2.05, 4.69) is 106 Å². The van der Waals surface area contributed by atoms with Gasteiger partial charge in [-0.3, -0.25) is 0 Å². The molecule has 0 radical (unpaired) electrons. The molecule has 33 heavy (non-hydrogen) atoms. The number of fused-ring (bicyclic) bond motifs is 1. The van der Waals surface area contributed by atoms with Crippen molar-refractivity contribution in [3.8, 4) is 22.3 Å². The molecule has 0 spiro atoms. The summed E-state index contributed by atoms with van der Waals surface area (Å²) < 4.78 is 36.4. The SMILES string of the molecule is Cc1cc(C)c2ccc(-c3cc(C)[n+](Cc4ccccc4)c(C)c3)c-2c(C)c1.[O-][Cl+3]([O-])([O-])[O-]. The zero-order valence-corrected chi connectivity index (χ0v) is 20.3. The summed E-state index contributed by atoms with van der Waals surface area (Å²) in [6, 6.07) is 24.5. The smallest absolute Gasteiger partial charge is 0.179 e. The lowest BCUT2D eigenvalue weighted by Gasteiger charge is -2.17. The summed E-state index contributed by atoms with van der Waals surface area (Å²) in [5.74, 6) is 0. The van der Waals surface area contributed by atoms with E-state index in [1.165, 1.54) is 55.9 Å². The fraction of sp³-hybridized carbons (Fsp3) is 0.222. The van der Waals surface area contributed by atoms with Crippen LogP contribution in [0.1, 0.15) is 33.6 Å². The molecule has 6 heteroatoms. The Morgan fingerprint density at radius 3 is 1.76 bits per heavy atom. The van der Waals surface area contributed by atoms with Gasteiger partial charge in [-0.1, -0.05) is 60.2 Å². The maximum Gasteiger partial charge on any atom is 0.179 e. The Labute approximate surface area is 197 Å². The van der Waals surface area contributed by atoms with Crippen molar-refractivity contribution in [3.05, 3.63) is 100 Å². The fourth-order valence-electron chi connectivity index (χ4n) is 4.44. The van der Waals surface area contributed by atoms with Crippen molar-refractivity contribution in [2.45, 2.75) is 41.2 Å². The molecule has 0 aliphatic heterocycles. The molecule has 2 aliphatic rings. The van der Waals surface area contributed by atoms with Gasteiger partial charge in [0.15, 0.2) is 17.9 Å². The topological polar surface area (TPSA) is 96.1 Å². The Morgan fingerprint density at radius 2 is 1.18 bits per heavy atom. The molecule has 0 N–H and O–H groups in total. The van der Waals surface area contributed by atoms with Gasteiger partial charge in [0.2, 0.25) is 0 Å². The average molecular weight is 466 g/mol. The number of hydrogen-bond donors (Lipinski definition) is 0. The van der Waals surface area contributed by atoms with Crippen molar-refractivity contribution >= 4 is 0 Å². The first-order valence-electron chi connectivity index (χ1n) is 10.6. The highest BCUT2D eigenvalue weighted by molar-refractivity contribution is 5.89. The van der Waals surface area contributed by atoms with Crippen LogP contribution in [0, 0.1) is 44.9 Å². The van der Waals surface area contributed by atoms with E-state index in [0.29, 0.717) is 0 Å². The van der Waals surface area contributed by atoms with Gasteiger partial charge in [-0.05, 0) is 54.2 Å². The number of rotatable bonds is 3. The lowest BCUT2D eigenvalue weighted by atomic mass is 9.97. The van der Waals surface area contributed by atoms with Gasteiger partial charge >= 0.3 is 0 Å². The second kappa shape index (κ2) is 10.00. The van der Waals surface area contributed by atoms with Crippen molar-refractivity contribution < 1.29 is 33.4 Å². The summed E-state index contributed by atoms with van der Waals surface area (Å²) in [6.07, 6.45) is 0. The highest BCUT2D eigenvalue weighted by Crippen LogP contribution is 2.39. The van der Waals surface area contributed by atoms with Crippen LogP contribution in [0.25, 0.3) is 22.3 Å². The second-order valence-corrected chi connectivity index (χ2v) is 9.17. The molecule has 1 heterocycles. The number of halogens is 1. The first-order chi connectivity index (χ1) is 15.4. The van der Waals surface area contributed by atoms with E-state index in [1.54, 1.807) is 0 Å². The van der Waals surface area contributed by atoms with Crippen LogP contribution in [0.5, 0.6) is 0 Å². The molecule has 4 rings (SSSR count). The van der Waals surface area contributed by atoms with E-state index in [4.69, 9.17) is 18.6 Å². The van der Waals surface area contributed by atoms with E-state index >= 15 is 0 Å². The van der Waals surface area contributed by atoms with Gasteiger partial charge in [0.25, 0.3) is 0 Å². The van der Waals surface area contributed by atoms with E-state index in [9.17, 15) is 0 Å². The number of benzene rings is 1. The average Bonchev–Trinajstić information content (AvgIpc) is 3.11. The number of hydrogen-bond acceptors (Lipinski definition) is 4. The van der Waals surface area contributed by atoms with Crippen LogP contribution < -0.4 is 23.2 Å². The molecule has 0 unspecified atom stereocenters. The third-order valence-electron chi connectivity index (χ3n) is 5.74. The molecule has 0 amide bonds. The normalized spacial score (nSPS) is 11.3. The summed E-state index contributed by atoms with van der Waals surface area (Å²) >= 11 is 0. The third kappa shape index (κ3) is 6.38. The maximum absolute atomic E-state index is 8.49. The summed E-state index contributed by atoms with van der Waals surface area (Å²) in [7, 11) is -4.94.